The van der Waals surface area contributed by atoms with Crippen molar-refractivity contribution in [2.24, 2.45) is 10.9 Å². The smallest absolute Gasteiger partial charge is 0.257 e. The van der Waals surface area contributed by atoms with Gasteiger partial charge in [-0.2, -0.15) is 0 Å². The number of aliphatic imine (C=N–C) groups is 1. The lowest BCUT2D eigenvalue weighted by atomic mass is 9.90. The summed E-state index contributed by atoms with van der Waals surface area (Å²) in [5.74, 6) is 0.477. The Kier molecular flexibility index (Phi) is 10.9. The minimum absolute atomic E-state index is 0.00185. The fraction of sp³-hybridized carbons (Fsp3) is 0.444. The number of carbonyl (C=O) groups is 2. The quantitative estimate of drug-likeness (QED) is 0.256. The van der Waals surface area contributed by atoms with Crippen LogP contribution in [0.1, 0.15) is 55.5 Å². The van der Waals surface area contributed by atoms with Crippen LogP contribution in [0.3, 0.4) is 0 Å². The largest absolute Gasteiger partial charge is 0.508 e. The lowest BCUT2D eigenvalue weighted by Crippen LogP contribution is -2.46. The standard InChI is InChI=1S/C36H42FN5O5S/c1-22(2)36-41-32(21-48-36)34(45)40-27-8-6-26(7-9-27)39-33(44)31-18-25(37)19-38-35(31)47-29-5-3-4-23(17-29)30-11-10-28(43)16-24(30)20-42-12-14-46-15-13-42/h3-5,10-11,16-19,22,26-27,32,43H,6-9,12-15,20-21H2,1-2H3,(H,39,44)(H,40,45)/t26-,27+,32?. The Labute approximate surface area is 284 Å². The summed E-state index contributed by atoms with van der Waals surface area (Å²) < 4.78 is 26.0. The normalized spacial score (nSPS) is 21.5. The van der Waals surface area contributed by atoms with Crippen molar-refractivity contribution in [3.8, 4) is 28.5 Å². The van der Waals surface area contributed by atoms with E-state index in [1.54, 1.807) is 30.0 Å². The Morgan fingerprint density at radius 3 is 2.54 bits per heavy atom. The summed E-state index contributed by atoms with van der Waals surface area (Å²) in [6.45, 7) is 7.79. The molecule has 2 aromatic carbocycles. The van der Waals surface area contributed by atoms with Crippen molar-refractivity contribution >= 4 is 28.6 Å². The molecular weight excluding hydrogens is 633 g/mol. The molecule has 1 saturated carbocycles. The number of ether oxygens (including phenoxy) is 2. The topological polar surface area (TPSA) is 125 Å². The average molecular weight is 676 g/mol. The van der Waals surface area contributed by atoms with Crippen LogP contribution in [0.15, 0.2) is 59.7 Å². The minimum Gasteiger partial charge on any atom is -0.508 e. The second-order valence-corrected chi connectivity index (χ2v) is 13.9. The monoisotopic (exact) mass is 675 g/mol. The first kappa shape index (κ1) is 33.9. The van der Waals surface area contributed by atoms with Crippen molar-refractivity contribution in [1.29, 1.82) is 0 Å². The number of morpholine rings is 1. The number of phenols is 1. The van der Waals surface area contributed by atoms with Crippen LogP contribution < -0.4 is 15.4 Å². The lowest BCUT2D eigenvalue weighted by Gasteiger charge is -2.30. The zero-order chi connectivity index (χ0) is 33.6. The highest BCUT2D eigenvalue weighted by molar-refractivity contribution is 8.14. The first-order valence-corrected chi connectivity index (χ1v) is 17.6. The van der Waals surface area contributed by atoms with Crippen LogP contribution in [0.2, 0.25) is 0 Å². The molecule has 1 saturated heterocycles. The molecule has 3 aliphatic rings. The van der Waals surface area contributed by atoms with Gasteiger partial charge in [0.05, 0.1) is 24.5 Å². The number of carbonyl (C=O) groups excluding carboxylic acids is 2. The molecule has 0 radical (unpaired) electrons. The Hall–Kier alpha value is -4.00. The van der Waals surface area contributed by atoms with Crippen LogP contribution in [-0.2, 0) is 16.1 Å². The van der Waals surface area contributed by atoms with Crippen molar-refractivity contribution in [3.05, 3.63) is 71.7 Å². The average Bonchev–Trinajstić information content (AvgIpc) is 3.59. The number of hydrogen-bond acceptors (Lipinski definition) is 9. The van der Waals surface area contributed by atoms with Gasteiger partial charge in [0.1, 0.15) is 28.9 Å². The van der Waals surface area contributed by atoms with Crippen LogP contribution in [0.25, 0.3) is 11.1 Å². The number of pyridine rings is 1. The van der Waals surface area contributed by atoms with Crippen molar-refractivity contribution in [3.63, 3.8) is 0 Å². The number of nitrogens with zero attached hydrogens (tertiary/aromatic N) is 3. The van der Waals surface area contributed by atoms with Crippen LogP contribution in [0, 0.1) is 11.7 Å². The third-order valence-electron chi connectivity index (χ3n) is 8.89. The van der Waals surface area contributed by atoms with E-state index in [0.717, 1.165) is 59.9 Å². The summed E-state index contributed by atoms with van der Waals surface area (Å²) in [4.78, 5) is 37.2. The number of aromatic nitrogens is 1. The van der Waals surface area contributed by atoms with Gasteiger partial charge in [0.25, 0.3) is 5.91 Å². The van der Waals surface area contributed by atoms with Crippen LogP contribution in [-0.4, -0.2) is 82.0 Å². The predicted octanol–water partition coefficient (Wildman–Crippen LogP) is 5.54. The Balaban J connectivity index is 1.09. The number of benzene rings is 2. The summed E-state index contributed by atoms with van der Waals surface area (Å²) in [7, 11) is 0. The summed E-state index contributed by atoms with van der Waals surface area (Å²) in [6.07, 6.45) is 3.83. The first-order valence-electron chi connectivity index (χ1n) is 16.6. The highest BCUT2D eigenvalue weighted by atomic mass is 32.2. The van der Waals surface area contributed by atoms with Crippen molar-refractivity contribution < 1.29 is 28.6 Å². The highest BCUT2D eigenvalue weighted by Crippen LogP contribution is 2.33. The summed E-state index contributed by atoms with van der Waals surface area (Å²) in [6, 6.07) is 13.4. The van der Waals surface area contributed by atoms with E-state index in [9.17, 15) is 19.1 Å². The van der Waals surface area contributed by atoms with Gasteiger partial charge in [-0.25, -0.2) is 9.37 Å². The maximum absolute atomic E-state index is 14.4. The maximum Gasteiger partial charge on any atom is 0.257 e. The van der Waals surface area contributed by atoms with Gasteiger partial charge in [0.15, 0.2) is 0 Å². The van der Waals surface area contributed by atoms with E-state index < -0.39 is 11.7 Å². The highest BCUT2D eigenvalue weighted by Gasteiger charge is 2.30. The van der Waals surface area contributed by atoms with Crippen molar-refractivity contribution in [1.82, 2.24) is 20.5 Å². The Bertz CT molecular complexity index is 1660. The molecule has 48 heavy (non-hydrogen) atoms. The molecule has 3 heterocycles. The third kappa shape index (κ3) is 8.53. The Morgan fingerprint density at radius 2 is 1.81 bits per heavy atom. The second-order valence-electron chi connectivity index (χ2n) is 12.8. The molecule has 0 bridgehead atoms. The summed E-state index contributed by atoms with van der Waals surface area (Å²) in [5.41, 5.74) is 2.78. The Morgan fingerprint density at radius 1 is 1.06 bits per heavy atom. The van der Waals surface area contributed by atoms with Gasteiger partial charge < -0.3 is 25.2 Å². The number of aromatic hydroxyl groups is 1. The van der Waals surface area contributed by atoms with Gasteiger partial charge in [-0.3, -0.25) is 19.5 Å². The molecule has 2 amide bonds. The van der Waals surface area contributed by atoms with Gasteiger partial charge in [-0.15, -0.1) is 11.8 Å². The molecule has 6 rings (SSSR count). The van der Waals surface area contributed by atoms with E-state index in [1.165, 1.54) is 0 Å². The number of rotatable bonds is 10. The number of halogens is 1. The number of thioether (sulfide) groups is 1. The zero-order valence-corrected chi connectivity index (χ0v) is 28.1. The number of phenolic OH excluding ortho intramolecular Hbond substituents is 1. The van der Waals surface area contributed by atoms with Crippen LogP contribution >= 0.6 is 11.8 Å². The van der Waals surface area contributed by atoms with E-state index in [2.05, 4.69) is 39.4 Å². The fourth-order valence-electron chi connectivity index (χ4n) is 6.29. The van der Waals surface area contributed by atoms with Crippen molar-refractivity contribution in [2.75, 3.05) is 32.1 Å². The number of amides is 2. The van der Waals surface area contributed by atoms with E-state index >= 15 is 0 Å². The summed E-state index contributed by atoms with van der Waals surface area (Å²) in [5, 5.41) is 17.4. The van der Waals surface area contributed by atoms with Gasteiger partial charge >= 0.3 is 0 Å². The zero-order valence-electron chi connectivity index (χ0n) is 27.3. The lowest BCUT2D eigenvalue weighted by molar-refractivity contribution is -0.122. The molecule has 2 aliphatic heterocycles. The molecule has 254 valence electrons. The molecule has 1 unspecified atom stereocenters. The molecule has 2 fully saturated rings. The van der Waals surface area contributed by atoms with Gasteiger partial charge in [0.2, 0.25) is 11.8 Å². The van der Waals surface area contributed by atoms with Gasteiger partial charge in [0, 0.05) is 43.4 Å². The molecular formula is C36H42FN5O5S. The molecule has 3 aromatic rings. The van der Waals surface area contributed by atoms with E-state index in [4.69, 9.17) is 9.47 Å². The molecule has 1 aromatic heterocycles. The van der Waals surface area contributed by atoms with E-state index in [0.29, 0.717) is 50.0 Å². The first-order chi connectivity index (χ1) is 23.2. The molecule has 0 spiro atoms. The van der Waals surface area contributed by atoms with E-state index in [-0.39, 0.29) is 41.2 Å². The summed E-state index contributed by atoms with van der Waals surface area (Å²) >= 11 is 1.65. The van der Waals surface area contributed by atoms with Gasteiger partial charge in [-0.1, -0.05) is 32.0 Å². The minimum atomic E-state index is -0.641. The fourth-order valence-corrected chi connectivity index (χ4v) is 7.38. The SMILES string of the molecule is CC(C)C1=NC(C(=O)N[C@H]2CC[C@@H](NC(=O)c3cc(F)cnc3Oc3cccc(-c4ccc(O)cc4CN4CCOCC4)c3)CC2)CS1. The number of nitrogens with one attached hydrogen (secondary N) is 2. The molecule has 3 N–H and O–H groups in total. The molecule has 12 heteroatoms. The predicted molar refractivity (Wildman–Crippen MR) is 184 cm³/mol. The van der Waals surface area contributed by atoms with Gasteiger partial charge in [-0.05, 0) is 72.7 Å². The van der Waals surface area contributed by atoms with Crippen molar-refractivity contribution in [2.45, 2.75) is 64.2 Å². The third-order valence-corrected chi connectivity index (χ3v) is 10.2. The molecule has 1 aliphatic carbocycles. The number of hydrogen-bond donors (Lipinski definition) is 3. The molecule has 1 atom stereocenters. The second kappa shape index (κ2) is 15.5. The maximum atomic E-state index is 14.4. The van der Waals surface area contributed by atoms with E-state index in [1.807, 2.05) is 24.3 Å². The van der Waals surface area contributed by atoms with Crippen LogP contribution in [0.4, 0.5) is 4.39 Å². The molecule has 10 nitrogen and oxygen atoms in total. The van der Waals surface area contributed by atoms with Crippen LogP contribution in [0.5, 0.6) is 17.4 Å².